The SMILES string of the molecule is O=C1C(Cl)CCN1c1ccc(Cl)c(Cl)c1. The van der Waals surface area contributed by atoms with Gasteiger partial charge in [-0.3, -0.25) is 4.79 Å². The van der Waals surface area contributed by atoms with Gasteiger partial charge in [0, 0.05) is 12.2 Å². The minimum Gasteiger partial charge on any atom is -0.311 e. The van der Waals surface area contributed by atoms with Crippen molar-refractivity contribution in [2.24, 2.45) is 0 Å². The van der Waals surface area contributed by atoms with Crippen molar-refractivity contribution in [1.82, 2.24) is 0 Å². The van der Waals surface area contributed by atoms with Gasteiger partial charge in [0.1, 0.15) is 5.38 Å². The molecule has 15 heavy (non-hydrogen) atoms. The van der Waals surface area contributed by atoms with Crippen molar-refractivity contribution in [1.29, 1.82) is 0 Å². The summed E-state index contributed by atoms with van der Waals surface area (Å²) in [6.45, 7) is 0.630. The van der Waals surface area contributed by atoms with Crippen molar-refractivity contribution in [2.45, 2.75) is 11.8 Å². The molecule has 1 saturated heterocycles. The van der Waals surface area contributed by atoms with Crippen LogP contribution in [0, 0.1) is 0 Å². The summed E-state index contributed by atoms with van der Waals surface area (Å²) >= 11 is 17.5. The lowest BCUT2D eigenvalue weighted by Crippen LogP contribution is -2.27. The second-order valence-corrected chi connectivity index (χ2v) is 4.69. The van der Waals surface area contributed by atoms with Gasteiger partial charge in [-0.05, 0) is 24.6 Å². The molecule has 1 amide bonds. The monoisotopic (exact) mass is 263 g/mol. The van der Waals surface area contributed by atoms with E-state index in [4.69, 9.17) is 34.8 Å². The van der Waals surface area contributed by atoms with Gasteiger partial charge in [0.15, 0.2) is 0 Å². The summed E-state index contributed by atoms with van der Waals surface area (Å²) in [5, 5.41) is 0.508. The second kappa shape index (κ2) is 4.20. The molecule has 1 aromatic rings. The fourth-order valence-electron chi connectivity index (χ4n) is 1.55. The van der Waals surface area contributed by atoms with Gasteiger partial charge in [0.25, 0.3) is 0 Å². The van der Waals surface area contributed by atoms with Gasteiger partial charge in [-0.2, -0.15) is 0 Å². The maximum absolute atomic E-state index is 11.6. The fourth-order valence-corrected chi connectivity index (χ4v) is 2.06. The van der Waals surface area contributed by atoms with E-state index in [1.807, 2.05) is 0 Å². The largest absolute Gasteiger partial charge is 0.311 e. The quantitative estimate of drug-likeness (QED) is 0.713. The Hall–Kier alpha value is -0.440. The van der Waals surface area contributed by atoms with Gasteiger partial charge in [0.2, 0.25) is 5.91 Å². The average molecular weight is 265 g/mol. The van der Waals surface area contributed by atoms with E-state index in [-0.39, 0.29) is 5.91 Å². The molecule has 5 heteroatoms. The molecule has 1 aliphatic rings. The number of anilines is 1. The number of amides is 1. The molecule has 1 aromatic carbocycles. The van der Waals surface area contributed by atoms with E-state index >= 15 is 0 Å². The van der Waals surface area contributed by atoms with Crippen LogP contribution in [0.3, 0.4) is 0 Å². The van der Waals surface area contributed by atoms with Crippen molar-refractivity contribution in [2.75, 3.05) is 11.4 Å². The summed E-state index contributed by atoms with van der Waals surface area (Å²) in [6.07, 6.45) is 0.667. The maximum Gasteiger partial charge on any atom is 0.245 e. The fraction of sp³-hybridized carbons (Fsp3) is 0.300. The van der Waals surface area contributed by atoms with Crippen LogP contribution in [-0.4, -0.2) is 17.8 Å². The molecule has 1 atom stereocenters. The summed E-state index contributed by atoms with van der Waals surface area (Å²) in [7, 11) is 0. The molecular formula is C10H8Cl3NO. The van der Waals surface area contributed by atoms with Gasteiger partial charge >= 0.3 is 0 Å². The summed E-state index contributed by atoms with van der Waals surface area (Å²) in [4.78, 5) is 13.2. The van der Waals surface area contributed by atoms with Crippen LogP contribution >= 0.6 is 34.8 Å². The third kappa shape index (κ3) is 2.07. The Morgan fingerprint density at radius 3 is 2.53 bits per heavy atom. The van der Waals surface area contributed by atoms with Gasteiger partial charge in [0.05, 0.1) is 10.0 Å². The van der Waals surface area contributed by atoms with E-state index < -0.39 is 5.38 Å². The van der Waals surface area contributed by atoms with E-state index in [9.17, 15) is 4.79 Å². The number of alkyl halides is 1. The zero-order chi connectivity index (χ0) is 11.0. The zero-order valence-corrected chi connectivity index (χ0v) is 9.98. The van der Waals surface area contributed by atoms with Crippen LogP contribution in [0.4, 0.5) is 5.69 Å². The van der Waals surface area contributed by atoms with Crippen LogP contribution in [-0.2, 0) is 4.79 Å². The van der Waals surface area contributed by atoms with Crippen molar-refractivity contribution >= 4 is 46.4 Å². The predicted octanol–water partition coefficient (Wildman–Crippen LogP) is 3.34. The molecule has 1 heterocycles. The first-order chi connectivity index (χ1) is 7.09. The highest BCUT2D eigenvalue weighted by Crippen LogP contribution is 2.30. The molecule has 0 saturated carbocycles. The highest BCUT2D eigenvalue weighted by atomic mass is 35.5. The van der Waals surface area contributed by atoms with E-state index in [1.165, 1.54) is 0 Å². The first-order valence-corrected chi connectivity index (χ1v) is 5.69. The Morgan fingerprint density at radius 2 is 2.00 bits per heavy atom. The minimum atomic E-state index is -0.417. The number of nitrogens with zero attached hydrogens (tertiary/aromatic N) is 1. The average Bonchev–Trinajstić information content (AvgIpc) is 2.53. The molecule has 80 valence electrons. The summed E-state index contributed by atoms with van der Waals surface area (Å²) in [5.74, 6) is -0.0740. The molecule has 0 spiro atoms. The molecule has 0 aliphatic carbocycles. The number of benzene rings is 1. The highest BCUT2D eigenvalue weighted by Gasteiger charge is 2.30. The third-order valence-corrected chi connectivity index (χ3v) is 3.50. The molecule has 2 nitrogen and oxygen atoms in total. The standard InChI is InChI=1S/C10H8Cl3NO/c11-7-2-1-6(5-9(7)13)14-4-3-8(12)10(14)15/h1-2,5,8H,3-4H2. The lowest BCUT2D eigenvalue weighted by Gasteiger charge is -2.16. The Kier molecular flexibility index (Phi) is 3.10. The van der Waals surface area contributed by atoms with Gasteiger partial charge in [-0.25, -0.2) is 0 Å². The first-order valence-electron chi connectivity index (χ1n) is 4.50. The Balaban J connectivity index is 2.31. The van der Waals surface area contributed by atoms with E-state index in [2.05, 4.69) is 0 Å². The molecule has 0 radical (unpaired) electrons. The molecule has 1 fully saturated rings. The lowest BCUT2D eigenvalue weighted by molar-refractivity contribution is -0.116. The van der Waals surface area contributed by atoms with Crippen LogP contribution < -0.4 is 4.90 Å². The summed E-state index contributed by atoms with van der Waals surface area (Å²) < 4.78 is 0. The molecule has 2 rings (SSSR count). The molecule has 1 aliphatic heterocycles. The zero-order valence-electron chi connectivity index (χ0n) is 7.71. The number of hydrogen-bond acceptors (Lipinski definition) is 1. The van der Waals surface area contributed by atoms with Gasteiger partial charge < -0.3 is 4.90 Å². The van der Waals surface area contributed by atoms with E-state index in [0.717, 1.165) is 5.69 Å². The third-order valence-electron chi connectivity index (χ3n) is 2.35. The Labute approximate surface area is 103 Å². The molecule has 0 bridgehead atoms. The molecule has 1 unspecified atom stereocenters. The smallest absolute Gasteiger partial charge is 0.245 e. The van der Waals surface area contributed by atoms with Crippen LogP contribution in [0.1, 0.15) is 6.42 Å². The van der Waals surface area contributed by atoms with Crippen molar-refractivity contribution < 1.29 is 4.79 Å². The highest BCUT2D eigenvalue weighted by molar-refractivity contribution is 6.42. The number of carbonyl (C=O) groups excluding carboxylic acids is 1. The van der Waals surface area contributed by atoms with E-state index in [0.29, 0.717) is 23.0 Å². The summed E-state index contributed by atoms with van der Waals surface area (Å²) in [6, 6.07) is 5.12. The van der Waals surface area contributed by atoms with Crippen LogP contribution in [0.5, 0.6) is 0 Å². The summed E-state index contributed by atoms with van der Waals surface area (Å²) in [5.41, 5.74) is 0.748. The normalized spacial score (nSPS) is 21.1. The topological polar surface area (TPSA) is 20.3 Å². The van der Waals surface area contributed by atoms with Crippen LogP contribution in [0.15, 0.2) is 18.2 Å². The molecular weight excluding hydrogens is 256 g/mol. The van der Waals surface area contributed by atoms with Crippen molar-refractivity contribution in [3.63, 3.8) is 0 Å². The number of rotatable bonds is 1. The lowest BCUT2D eigenvalue weighted by atomic mass is 10.3. The molecule has 0 N–H and O–H groups in total. The van der Waals surface area contributed by atoms with Gasteiger partial charge in [-0.15, -0.1) is 11.6 Å². The Bertz CT molecular complexity index is 408. The molecule has 0 aromatic heterocycles. The predicted molar refractivity (Wildman–Crippen MR) is 63.1 cm³/mol. The first kappa shape index (κ1) is 11.1. The maximum atomic E-state index is 11.6. The Morgan fingerprint density at radius 1 is 1.27 bits per heavy atom. The van der Waals surface area contributed by atoms with Crippen molar-refractivity contribution in [3.05, 3.63) is 28.2 Å². The minimum absolute atomic E-state index is 0.0740. The number of halogens is 3. The number of carbonyl (C=O) groups is 1. The van der Waals surface area contributed by atoms with Gasteiger partial charge in [-0.1, -0.05) is 23.2 Å². The second-order valence-electron chi connectivity index (χ2n) is 3.34. The van der Waals surface area contributed by atoms with Crippen molar-refractivity contribution in [3.8, 4) is 0 Å². The number of hydrogen-bond donors (Lipinski definition) is 0. The van der Waals surface area contributed by atoms with E-state index in [1.54, 1.807) is 23.1 Å². The van der Waals surface area contributed by atoms with Crippen LogP contribution in [0.25, 0.3) is 0 Å². The van der Waals surface area contributed by atoms with Crippen LogP contribution in [0.2, 0.25) is 10.0 Å².